The number of hydrogen-bond acceptors (Lipinski definition) is 5. The first kappa shape index (κ1) is 24.1. The van der Waals surface area contributed by atoms with E-state index < -0.39 is 0 Å². The van der Waals surface area contributed by atoms with Crippen molar-refractivity contribution in [3.8, 4) is 22.7 Å². The largest absolute Gasteiger partial charge is 0.497 e. The summed E-state index contributed by atoms with van der Waals surface area (Å²) in [5, 5.41) is 2.96. The van der Waals surface area contributed by atoms with Crippen LogP contribution < -0.4 is 10.1 Å². The molecule has 2 amide bonds. The van der Waals surface area contributed by atoms with Crippen LogP contribution >= 0.6 is 0 Å². The number of anilines is 1. The average molecular weight is 489 g/mol. The highest BCUT2D eigenvalue weighted by atomic mass is 16.5. The van der Waals surface area contributed by atoms with Gasteiger partial charge in [0.1, 0.15) is 12.3 Å². The van der Waals surface area contributed by atoms with Gasteiger partial charge < -0.3 is 14.4 Å². The normalized spacial score (nSPS) is 17.1. The van der Waals surface area contributed by atoms with Crippen molar-refractivity contribution in [3.05, 3.63) is 60.3 Å². The van der Waals surface area contributed by atoms with Crippen molar-refractivity contribution in [1.82, 2.24) is 14.5 Å². The van der Waals surface area contributed by atoms with E-state index in [1.54, 1.807) is 12.0 Å². The Balaban J connectivity index is 1.38. The predicted octanol–water partition coefficient (Wildman–Crippen LogP) is 4.21. The van der Waals surface area contributed by atoms with Crippen LogP contribution in [0.15, 0.2) is 54.7 Å². The molecule has 1 saturated heterocycles. The van der Waals surface area contributed by atoms with Gasteiger partial charge in [0.15, 0.2) is 0 Å². The smallest absolute Gasteiger partial charge is 0.246 e. The fourth-order valence-corrected chi connectivity index (χ4v) is 4.46. The Morgan fingerprint density at radius 2 is 1.86 bits per heavy atom. The first-order valence-electron chi connectivity index (χ1n) is 12.5. The SMILES string of the molecule is COc1ccc(-c2cn(-c3ccc(C)cc3)c(NC(=O)CN(CC3CCCO3)C(=O)C3CC3)n2)cc1. The minimum atomic E-state index is -0.276. The topological polar surface area (TPSA) is 85.7 Å². The number of ether oxygens (including phenoxy) is 2. The van der Waals surface area contributed by atoms with Crippen LogP contribution in [0.2, 0.25) is 0 Å². The highest BCUT2D eigenvalue weighted by Gasteiger charge is 2.35. The third-order valence-corrected chi connectivity index (χ3v) is 6.68. The molecule has 8 nitrogen and oxygen atoms in total. The van der Waals surface area contributed by atoms with E-state index in [1.807, 2.05) is 66.2 Å². The van der Waals surface area contributed by atoms with Crippen molar-refractivity contribution in [1.29, 1.82) is 0 Å². The highest BCUT2D eigenvalue weighted by Crippen LogP contribution is 2.32. The zero-order chi connectivity index (χ0) is 25.1. The zero-order valence-corrected chi connectivity index (χ0v) is 20.8. The summed E-state index contributed by atoms with van der Waals surface area (Å²) in [6, 6.07) is 15.6. The molecule has 2 aliphatic rings. The molecule has 1 aliphatic heterocycles. The quantitative estimate of drug-likeness (QED) is 0.488. The Morgan fingerprint density at radius 3 is 2.50 bits per heavy atom. The van der Waals surface area contributed by atoms with E-state index >= 15 is 0 Å². The second-order valence-electron chi connectivity index (χ2n) is 9.56. The maximum Gasteiger partial charge on any atom is 0.246 e. The number of methoxy groups -OCH3 is 1. The molecule has 0 spiro atoms. The lowest BCUT2D eigenvalue weighted by Gasteiger charge is -2.25. The number of benzene rings is 2. The molecule has 36 heavy (non-hydrogen) atoms. The van der Waals surface area contributed by atoms with E-state index in [0.717, 1.165) is 53.9 Å². The summed E-state index contributed by atoms with van der Waals surface area (Å²) >= 11 is 0. The number of nitrogens with one attached hydrogen (secondary N) is 1. The molecule has 2 fully saturated rings. The minimum absolute atomic E-state index is 0.00304. The van der Waals surface area contributed by atoms with E-state index in [2.05, 4.69) is 5.32 Å². The molecule has 188 valence electrons. The number of aryl methyl sites for hydroxylation is 1. The Kier molecular flexibility index (Phi) is 7.04. The number of carbonyl (C=O) groups is 2. The van der Waals surface area contributed by atoms with Gasteiger partial charge in [-0.15, -0.1) is 0 Å². The maximum atomic E-state index is 13.2. The van der Waals surface area contributed by atoms with Crippen molar-refractivity contribution in [2.45, 2.75) is 38.7 Å². The molecule has 3 aromatic rings. The van der Waals surface area contributed by atoms with Gasteiger partial charge in [-0.1, -0.05) is 17.7 Å². The lowest BCUT2D eigenvalue weighted by atomic mass is 10.1. The fraction of sp³-hybridized carbons (Fsp3) is 0.393. The summed E-state index contributed by atoms with van der Waals surface area (Å²) in [5.74, 6) is 0.974. The van der Waals surface area contributed by atoms with Gasteiger partial charge in [-0.3, -0.25) is 19.5 Å². The zero-order valence-electron chi connectivity index (χ0n) is 20.8. The Morgan fingerprint density at radius 1 is 1.11 bits per heavy atom. The second-order valence-corrected chi connectivity index (χ2v) is 9.56. The molecule has 1 saturated carbocycles. The number of rotatable bonds is 9. The Bertz CT molecular complexity index is 1210. The minimum Gasteiger partial charge on any atom is -0.497 e. The number of carbonyl (C=O) groups excluding carboxylic acids is 2. The number of imidazole rings is 1. The van der Waals surface area contributed by atoms with Gasteiger partial charge >= 0.3 is 0 Å². The van der Waals surface area contributed by atoms with E-state index in [1.165, 1.54) is 0 Å². The number of amides is 2. The third kappa shape index (κ3) is 5.60. The molecule has 1 aliphatic carbocycles. The summed E-state index contributed by atoms with van der Waals surface area (Å²) in [6.07, 6.45) is 5.60. The van der Waals surface area contributed by atoms with Gasteiger partial charge in [0.2, 0.25) is 17.8 Å². The van der Waals surface area contributed by atoms with Crippen LogP contribution in [0.4, 0.5) is 5.95 Å². The van der Waals surface area contributed by atoms with Crippen LogP contribution in [0.5, 0.6) is 5.75 Å². The standard InChI is InChI=1S/C28H32N4O4/c1-19-5-11-22(12-6-19)32-17-25(20-9-13-23(35-2)14-10-20)29-28(32)30-26(33)18-31(27(34)21-7-8-21)16-24-4-3-15-36-24/h5-6,9-14,17,21,24H,3-4,7-8,15-16,18H2,1-2H3,(H,29,30,33). The molecular weight excluding hydrogens is 456 g/mol. The molecule has 8 heteroatoms. The van der Waals surface area contributed by atoms with Crippen molar-refractivity contribution < 1.29 is 19.1 Å². The lowest BCUT2D eigenvalue weighted by Crippen LogP contribution is -2.43. The molecule has 1 atom stereocenters. The number of hydrogen-bond donors (Lipinski definition) is 1. The molecule has 2 aromatic carbocycles. The molecular formula is C28H32N4O4. The van der Waals surface area contributed by atoms with E-state index in [9.17, 15) is 9.59 Å². The van der Waals surface area contributed by atoms with Crippen LogP contribution in [0, 0.1) is 12.8 Å². The van der Waals surface area contributed by atoms with Gasteiger partial charge in [0.05, 0.1) is 18.9 Å². The van der Waals surface area contributed by atoms with E-state index in [4.69, 9.17) is 14.5 Å². The Hall–Kier alpha value is -3.65. The van der Waals surface area contributed by atoms with Gasteiger partial charge in [-0.2, -0.15) is 0 Å². The third-order valence-electron chi connectivity index (χ3n) is 6.68. The average Bonchev–Trinajstić information content (AvgIpc) is 3.46. The van der Waals surface area contributed by atoms with Crippen LogP contribution in [0.25, 0.3) is 16.9 Å². The Labute approximate surface area is 211 Å². The monoisotopic (exact) mass is 488 g/mol. The molecule has 5 rings (SSSR count). The summed E-state index contributed by atoms with van der Waals surface area (Å²) < 4.78 is 12.9. The lowest BCUT2D eigenvalue weighted by molar-refractivity contribution is -0.137. The van der Waals surface area contributed by atoms with Crippen molar-refractivity contribution in [2.24, 2.45) is 5.92 Å². The number of nitrogens with zero attached hydrogens (tertiary/aromatic N) is 3. The summed E-state index contributed by atoms with van der Waals surface area (Å²) in [7, 11) is 1.63. The van der Waals surface area contributed by atoms with Gasteiger partial charge in [0.25, 0.3) is 0 Å². The summed E-state index contributed by atoms with van der Waals surface area (Å²) in [6.45, 7) is 3.17. The van der Waals surface area contributed by atoms with Crippen LogP contribution in [-0.4, -0.2) is 59.2 Å². The maximum absolute atomic E-state index is 13.2. The van der Waals surface area contributed by atoms with Gasteiger partial charge in [-0.05, 0) is 69.0 Å². The molecule has 1 N–H and O–H groups in total. The summed E-state index contributed by atoms with van der Waals surface area (Å²) in [4.78, 5) is 32.5. The highest BCUT2D eigenvalue weighted by molar-refractivity contribution is 5.94. The molecule has 0 bridgehead atoms. The van der Waals surface area contributed by atoms with Crippen molar-refractivity contribution in [2.75, 3.05) is 32.1 Å². The van der Waals surface area contributed by atoms with Gasteiger partial charge in [-0.25, -0.2) is 4.98 Å². The predicted molar refractivity (Wildman–Crippen MR) is 137 cm³/mol. The number of aromatic nitrogens is 2. The van der Waals surface area contributed by atoms with Crippen LogP contribution in [0.1, 0.15) is 31.2 Å². The van der Waals surface area contributed by atoms with Crippen LogP contribution in [-0.2, 0) is 14.3 Å². The molecule has 1 aromatic heterocycles. The van der Waals surface area contributed by atoms with E-state index in [-0.39, 0.29) is 30.4 Å². The van der Waals surface area contributed by atoms with E-state index in [0.29, 0.717) is 19.1 Å². The molecule has 1 unspecified atom stereocenters. The van der Waals surface area contributed by atoms with Gasteiger partial charge in [0, 0.05) is 36.5 Å². The van der Waals surface area contributed by atoms with Crippen molar-refractivity contribution in [3.63, 3.8) is 0 Å². The first-order chi connectivity index (χ1) is 17.5. The van der Waals surface area contributed by atoms with Crippen LogP contribution in [0.3, 0.4) is 0 Å². The van der Waals surface area contributed by atoms with Crippen molar-refractivity contribution >= 4 is 17.8 Å². The first-order valence-corrected chi connectivity index (χ1v) is 12.5. The second kappa shape index (κ2) is 10.5. The molecule has 2 heterocycles. The fourth-order valence-electron chi connectivity index (χ4n) is 4.46. The summed E-state index contributed by atoms with van der Waals surface area (Å²) in [5.41, 5.74) is 3.65. The molecule has 0 radical (unpaired) electrons.